The Balaban J connectivity index is 1.48. The van der Waals surface area contributed by atoms with Gasteiger partial charge in [0.05, 0.1) is 38.4 Å². The van der Waals surface area contributed by atoms with E-state index >= 15 is 0 Å². The summed E-state index contributed by atoms with van der Waals surface area (Å²) in [5.41, 5.74) is 5.04. The summed E-state index contributed by atoms with van der Waals surface area (Å²) in [6.07, 6.45) is 1.41. The Morgan fingerprint density at radius 3 is 2.45 bits per heavy atom. The standard InChI is InChI=1S/C30H26BrCl2N3O5S/c1-20-7-6-8-23(13-20)36(42(38,39)24-9-4-3-5-10-24)18-29(37)35-34-17-22-14-25(31)30(28(16-22)40-2)41-19-21-11-12-26(32)27(33)15-21/h3-17H,18-19H2,1-2H3,(H,35,37)/b34-17-. The van der Waals surface area contributed by atoms with Crippen molar-refractivity contribution < 1.29 is 22.7 Å². The number of anilines is 1. The van der Waals surface area contributed by atoms with Crippen LogP contribution in [0.15, 0.2) is 99.4 Å². The molecule has 8 nitrogen and oxygen atoms in total. The molecule has 4 rings (SSSR count). The fourth-order valence-corrected chi connectivity index (χ4v) is 6.23. The quantitative estimate of drug-likeness (QED) is 0.135. The monoisotopic (exact) mass is 689 g/mol. The van der Waals surface area contributed by atoms with Gasteiger partial charge in [0.1, 0.15) is 13.2 Å². The highest BCUT2D eigenvalue weighted by atomic mass is 79.9. The minimum atomic E-state index is -4.02. The molecule has 4 aromatic carbocycles. The number of nitrogens with one attached hydrogen (secondary N) is 1. The Labute approximate surface area is 263 Å². The van der Waals surface area contributed by atoms with Crippen molar-refractivity contribution in [2.24, 2.45) is 5.10 Å². The summed E-state index contributed by atoms with van der Waals surface area (Å²) in [7, 11) is -2.52. The zero-order chi connectivity index (χ0) is 30.3. The van der Waals surface area contributed by atoms with Crippen molar-refractivity contribution in [3.63, 3.8) is 0 Å². The number of hydrogen-bond acceptors (Lipinski definition) is 6. The van der Waals surface area contributed by atoms with E-state index < -0.39 is 22.5 Å². The third-order valence-electron chi connectivity index (χ3n) is 5.93. The van der Waals surface area contributed by atoms with Crippen molar-refractivity contribution in [3.05, 3.63) is 116 Å². The van der Waals surface area contributed by atoms with Gasteiger partial charge < -0.3 is 9.47 Å². The molecule has 0 radical (unpaired) electrons. The number of rotatable bonds is 11. The summed E-state index contributed by atoms with van der Waals surface area (Å²) in [6.45, 7) is 1.59. The molecule has 0 aliphatic carbocycles. The Kier molecular flexibility index (Phi) is 10.5. The molecular weight excluding hydrogens is 665 g/mol. The maximum Gasteiger partial charge on any atom is 0.264 e. The largest absolute Gasteiger partial charge is 0.493 e. The zero-order valence-electron chi connectivity index (χ0n) is 22.6. The molecule has 0 aliphatic rings. The number of hydrogen-bond donors (Lipinski definition) is 1. The lowest BCUT2D eigenvalue weighted by Crippen LogP contribution is -2.39. The van der Waals surface area contributed by atoms with Crippen LogP contribution in [0.2, 0.25) is 10.0 Å². The van der Waals surface area contributed by atoms with E-state index in [9.17, 15) is 13.2 Å². The van der Waals surface area contributed by atoms with Gasteiger partial charge in [-0.15, -0.1) is 0 Å². The average molecular weight is 691 g/mol. The SMILES string of the molecule is COc1cc(/C=N\NC(=O)CN(c2cccc(C)c2)S(=O)(=O)c2ccccc2)cc(Br)c1OCc1ccc(Cl)c(Cl)c1. The van der Waals surface area contributed by atoms with E-state index in [1.807, 2.05) is 19.1 Å². The summed E-state index contributed by atoms with van der Waals surface area (Å²) in [4.78, 5) is 13.0. The van der Waals surface area contributed by atoms with Gasteiger partial charge in [-0.2, -0.15) is 5.10 Å². The van der Waals surface area contributed by atoms with E-state index in [-0.39, 0.29) is 11.5 Å². The molecule has 0 unspecified atom stereocenters. The Morgan fingerprint density at radius 1 is 1.00 bits per heavy atom. The van der Waals surface area contributed by atoms with E-state index in [0.29, 0.717) is 37.3 Å². The third kappa shape index (κ3) is 7.83. The zero-order valence-corrected chi connectivity index (χ0v) is 26.5. The van der Waals surface area contributed by atoms with Crippen LogP contribution in [0.1, 0.15) is 16.7 Å². The number of carbonyl (C=O) groups is 1. The lowest BCUT2D eigenvalue weighted by molar-refractivity contribution is -0.119. The van der Waals surface area contributed by atoms with Crippen molar-refractivity contribution in [3.8, 4) is 11.5 Å². The summed E-state index contributed by atoms with van der Waals surface area (Å²) in [5, 5.41) is 4.91. The summed E-state index contributed by atoms with van der Waals surface area (Å²) >= 11 is 15.6. The second kappa shape index (κ2) is 14.1. The number of aryl methyl sites for hydroxylation is 1. The number of benzene rings is 4. The highest BCUT2D eigenvalue weighted by Gasteiger charge is 2.27. The van der Waals surface area contributed by atoms with Gasteiger partial charge in [0.25, 0.3) is 15.9 Å². The van der Waals surface area contributed by atoms with Crippen LogP contribution >= 0.6 is 39.1 Å². The van der Waals surface area contributed by atoms with Gasteiger partial charge in [0.15, 0.2) is 11.5 Å². The van der Waals surface area contributed by atoms with Crippen molar-refractivity contribution >= 4 is 67.0 Å². The van der Waals surface area contributed by atoms with E-state index in [1.54, 1.807) is 60.7 Å². The predicted molar refractivity (Wildman–Crippen MR) is 169 cm³/mol. The molecule has 1 N–H and O–H groups in total. The average Bonchev–Trinajstić information content (AvgIpc) is 2.97. The smallest absolute Gasteiger partial charge is 0.264 e. The van der Waals surface area contributed by atoms with Crippen LogP contribution in [-0.2, 0) is 21.4 Å². The van der Waals surface area contributed by atoms with Gasteiger partial charge in [-0.3, -0.25) is 9.10 Å². The minimum absolute atomic E-state index is 0.0706. The van der Waals surface area contributed by atoms with Gasteiger partial charge in [-0.25, -0.2) is 13.8 Å². The first-order chi connectivity index (χ1) is 20.1. The molecule has 0 saturated heterocycles. The number of amides is 1. The molecule has 0 aliphatic heterocycles. The van der Waals surface area contributed by atoms with Gasteiger partial charge in [-0.05, 0) is 88.1 Å². The van der Waals surface area contributed by atoms with Crippen LogP contribution in [0.4, 0.5) is 5.69 Å². The second-order valence-corrected chi connectivity index (χ2v) is 12.6. The molecule has 42 heavy (non-hydrogen) atoms. The first kappa shape index (κ1) is 31.4. The first-order valence-corrected chi connectivity index (χ1v) is 15.5. The molecular formula is C30H26BrCl2N3O5S. The molecule has 0 saturated carbocycles. The molecule has 12 heteroatoms. The lowest BCUT2D eigenvalue weighted by Gasteiger charge is -2.24. The lowest BCUT2D eigenvalue weighted by atomic mass is 10.2. The highest BCUT2D eigenvalue weighted by Crippen LogP contribution is 2.37. The van der Waals surface area contributed by atoms with E-state index in [0.717, 1.165) is 15.4 Å². The fraction of sp³-hybridized carbons (Fsp3) is 0.133. The highest BCUT2D eigenvalue weighted by molar-refractivity contribution is 9.10. The summed E-state index contributed by atoms with van der Waals surface area (Å²) < 4.78 is 40.0. The molecule has 0 aromatic heterocycles. The Hall–Kier alpha value is -3.57. The van der Waals surface area contributed by atoms with Crippen molar-refractivity contribution in [2.75, 3.05) is 18.0 Å². The van der Waals surface area contributed by atoms with Crippen LogP contribution in [0.25, 0.3) is 0 Å². The molecule has 218 valence electrons. The van der Waals surface area contributed by atoms with Crippen molar-refractivity contribution in [1.29, 1.82) is 0 Å². The Morgan fingerprint density at radius 2 is 1.76 bits per heavy atom. The maximum atomic E-state index is 13.5. The van der Waals surface area contributed by atoms with E-state index in [2.05, 4.69) is 26.5 Å². The number of nitrogens with zero attached hydrogens (tertiary/aromatic N) is 2. The second-order valence-electron chi connectivity index (χ2n) is 9.03. The van der Waals surface area contributed by atoms with Crippen LogP contribution < -0.4 is 19.2 Å². The van der Waals surface area contributed by atoms with Crippen LogP contribution in [0.5, 0.6) is 11.5 Å². The van der Waals surface area contributed by atoms with Crippen molar-refractivity contribution in [1.82, 2.24) is 5.43 Å². The molecule has 1 amide bonds. The predicted octanol–water partition coefficient (Wildman–Crippen LogP) is 7.00. The van der Waals surface area contributed by atoms with E-state index in [1.165, 1.54) is 25.5 Å². The fourth-order valence-electron chi connectivity index (χ4n) is 3.90. The number of hydrazone groups is 1. The molecule has 0 heterocycles. The Bertz CT molecular complexity index is 1720. The van der Waals surface area contributed by atoms with Gasteiger partial charge in [0.2, 0.25) is 0 Å². The summed E-state index contributed by atoms with van der Waals surface area (Å²) in [5.74, 6) is 0.265. The third-order valence-corrected chi connectivity index (χ3v) is 9.05. The number of carbonyl (C=O) groups excluding carboxylic acids is 1. The first-order valence-electron chi connectivity index (χ1n) is 12.5. The molecule has 0 atom stereocenters. The van der Waals surface area contributed by atoms with Crippen LogP contribution in [0.3, 0.4) is 0 Å². The molecule has 0 fully saturated rings. The van der Waals surface area contributed by atoms with Crippen molar-refractivity contribution in [2.45, 2.75) is 18.4 Å². The number of ether oxygens (including phenoxy) is 2. The number of methoxy groups -OCH3 is 1. The topological polar surface area (TPSA) is 97.3 Å². The van der Waals surface area contributed by atoms with Gasteiger partial charge in [0, 0.05) is 0 Å². The molecule has 4 aromatic rings. The van der Waals surface area contributed by atoms with Gasteiger partial charge in [-0.1, -0.05) is 59.6 Å². The summed E-state index contributed by atoms with van der Waals surface area (Å²) in [6, 6.07) is 23.5. The van der Waals surface area contributed by atoms with Gasteiger partial charge >= 0.3 is 0 Å². The minimum Gasteiger partial charge on any atom is -0.493 e. The van der Waals surface area contributed by atoms with Crippen LogP contribution in [0, 0.1) is 6.92 Å². The normalized spacial score (nSPS) is 11.4. The molecule has 0 bridgehead atoms. The molecule has 0 spiro atoms. The van der Waals surface area contributed by atoms with E-state index in [4.69, 9.17) is 32.7 Å². The number of halogens is 3. The number of sulfonamides is 1. The maximum absolute atomic E-state index is 13.5. The van der Waals surface area contributed by atoms with Crippen LogP contribution in [-0.4, -0.2) is 34.2 Å².